The van der Waals surface area contributed by atoms with Gasteiger partial charge in [0.05, 0.1) is 5.92 Å². The number of rotatable bonds is 8. The number of benzene rings is 1. The van der Waals surface area contributed by atoms with Gasteiger partial charge < -0.3 is 10.4 Å². The second kappa shape index (κ2) is 8.39. The highest BCUT2D eigenvalue weighted by atomic mass is 16.4. The molecule has 1 saturated heterocycles. The van der Waals surface area contributed by atoms with Crippen molar-refractivity contribution in [3.63, 3.8) is 0 Å². The van der Waals surface area contributed by atoms with Crippen molar-refractivity contribution in [2.45, 2.75) is 40.0 Å². The molecule has 2 N–H and O–H groups in total. The van der Waals surface area contributed by atoms with Crippen LogP contribution >= 0.6 is 0 Å². The zero-order valence-corrected chi connectivity index (χ0v) is 15.2. The summed E-state index contributed by atoms with van der Waals surface area (Å²) >= 11 is 0. The molecule has 1 heterocycles. The lowest BCUT2D eigenvalue weighted by Crippen LogP contribution is -2.27. The molecule has 2 atom stereocenters. The van der Waals surface area contributed by atoms with Crippen molar-refractivity contribution in [3.05, 3.63) is 34.9 Å². The van der Waals surface area contributed by atoms with Crippen molar-refractivity contribution in [2.24, 2.45) is 17.8 Å². The van der Waals surface area contributed by atoms with E-state index < -0.39 is 11.9 Å². The zero-order chi connectivity index (χ0) is 18.6. The van der Waals surface area contributed by atoms with Gasteiger partial charge in [0, 0.05) is 17.9 Å². The predicted octanol–water partition coefficient (Wildman–Crippen LogP) is 2.51. The van der Waals surface area contributed by atoms with Crippen LogP contribution in [0.15, 0.2) is 18.2 Å². The van der Waals surface area contributed by atoms with E-state index in [-0.39, 0.29) is 29.8 Å². The second-order valence-corrected chi connectivity index (χ2v) is 7.29. The first-order chi connectivity index (χ1) is 11.8. The van der Waals surface area contributed by atoms with Gasteiger partial charge in [-0.3, -0.25) is 14.4 Å². The molecule has 5 nitrogen and oxygen atoms in total. The molecule has 136 valence electrons. The smallest absolute Gasteiger partial charge is 0.307 e. The number of ketones is 2. The Hall–Kier alpha value is -2.01. The molecule has 1 aromatic carbocycles. The van der Waals surface area contributed by atoms with Gasteiger partial charge in [-0.2, -0.15) is 0 Å². The first-order valence-electron chi connectivity index (χ1n) is 8.88. The molecule has 0 aliphatic carbocycles. The molecule has 25 heavy (non-hydrogen) atoms. The van der Waals surface area contributed by atoms with Crippen LogP contribution < -0.4 is 5.32 Å². The lowest BCUT2D eigenvalue weighted by atomic mass is 9.85. The lowest BCUT2D eigenvalue weighted by molar-refractivity contribution is -0.143. The summed E-state index contributed by atoms with van der Waals surface area (Å²) in [5, 5.41) is 12.8. The fourth-order valence-corrected chi connectivity index (χ4v) is 3.32. The van der Waals surface area contributed by atoms with Gasteiger partial charge in [-0.25, -0.2) is 0 Å². The maximum atomic E-state index is 12.1. The van der Waals surface area contributed by atoms with E-state index in [2.05, 4.69) is 5.32 Å². The normalized spacial score (nSPS) is 18.3. The van der Waals surface area contributed by atoms with E-state index in [0.29, 0.717) is 18.5 Å². The van der Waals surface area contributed by atoms with E-state index >= 15 is 0 Å². The third kappa shape index (κ3) is 5.23. The molecular weight excluding hydrogens is 318 g/mol. The van der Waals surface area contributed by atoms with Crippen molar-refractivity contribution in [1.29, 1.82) is 0 Å². The summed E-state index contributed by atoms with van der Waals surface area (Å²) in [6.45, 7) is 6.75. The van der Waals surface area contributed by atoms with Gasteiger partial charge in [-0.05, 0) is 62.0 Å². The largest absolute Gasteiger partial charge is 0.481 e. The Bertz CT molecular complexity index is 660. The number of aliphatic carboxylic acids is 1. The molecule has 5 heteroatoms. The minimum atomic E-state index is -0.804. The molecule has 1 aromatic rings. The average Bonchev–Trinajstić information content (AvgIpc) is 3.05. The standard InChI is InChI=1S/C20H27NO4/c1-12(2)19(23)10-15-6-14(7-17(8-15)13(3)22)9-18(20(24)25)16-4-5-21-11-16/h6-8,12,16,18,21H,4-5,9-11H2,1-3H3,(H,24,25)/t16-,18-/m0/s1. The summed E-state index contributed by atoms with van der Waals surface area (Å²) in [7, 11) is 0. The predicted molar refractivity (Wildman–Crippen MR) is 95.8 cm³/mol. The summed E-state index contributed by atoms with van der Waals surface area (Å²) in [6.07, 6.45) is 1.50. The van der Waals surface area contributed by atoms with Gasteiger partial charge in [-0.15, -0.1) is 0 Å². The number of carbonyl (C=O) groups is 3. The second-order valence-electron chi connectivity index (χ2n) is 7.29. The van der Waals surface area contributed by atoms with Crippen LogP contribution in [0.3, 0.4) is 0 Å². The van der Waals surface area contributed by atoms with Crippen LogP contribution in [-0.4, -0.2) is 35.7 Å². The van der Waals surface area contributed by atoms with E-state index in [1.807, 2.05) is 19.9 Å². The van der Waals surface area contributed by atoms with Crippen molar-refractivity contribution in [3.8, 4) is 0 Å². The van der Waals surface area contributed by atoms with Crippen LogP contribution in [-0.2, 0) is 22.4 Å². The molecule has 0 amide bonds. The average molecular weight is 345 g/mol. The number of carboxylic acid groups (broad SMARTS) is 1. The van der Waals surface area contributed by atoms with Crippen LogP contribution in [0.25, 0.3) is 0 Å². The summed E-state index contributed by atoms with van der Waals surface area (Å²) < 4.78 is 0. The summed E-state index contributed by atoms with van der Waals surface area (Å²) in [5.74, 6) is -1.22. The Kier molecular flexibility index (Phi) is 6.48. The first kappa shape index (κ1) is 19.3. The third-order valence-electron chi connectivity index (χ3n) is 4.92. The molecule has 1 aliphatic heterocycles. The van der Waals surface area contributed by atoms with Gasteiger partial charge in [0.15, 0.2) is 5.78 Å². The Morgan fingerprint density at radius 1 is 1.20 bits per heavy atom. The maximum Gasteiger partial charge on any atom is 0.307 e. The van der Waals surface area contributed by atoms with E-state index in [0.717, 1.165) is 24.1 Å². The van der Waals surface area contributed by atoms with Crippen molar-refractivity contribution in [2.75, 3.05) is 13.1 Å². The lowest BCUT2D eigenvalue weighted by Gasteiger charge is -2.19. The number of hydrogen-bond acceptors (Lipinski definition) is 4. The van der Waals surface area contributed by atoms with E-state index in [4.69, 9.17) is 0 Å². The van der Waals surface area contributed by atoms with E-state index in [1.165, 1.54) is 6.92 Å². The molecule has 0 bridgehead atoms. The SMILES string of the molecule is CC(=O)c1cc(CC(=O)C(C)C)cc(C[C@H](C(=O)O)[C@H]2CCNC2)c1. The fourth-order valence-electron chi connectivity index (χ4n) is 3.32. The molecule has 0 unspecified atom stereocenters. The maximum absolute atomic E-state index is 12.1. The zero-order valence-electron chi connectivity index (χ0n) is 15.2. The van der Waals surface area contributed by atoms with Gasteiger partial charge in [-0.1, -0.05) is 19.9 Å². The topological polar surface area (TPSA) is 83.5 Å². The minimum Gasteiger partial charge on any atom is -0.481 e. The van der Waals surface area contributed by atoms with Crippen LogP contribution in [0, 0.1) is 17.8 Å². The van der Waals surface area contributed by atoms with Crippen LogP contribution in [0.2, 0.25) is 0 Å². The Morgan fingerprint density at radius 2 is 1.88 bits per heavy atom. The van der Waals surface area contributed by atoms with E-state index in [1.54, 1.807) is 12.1 Å². The minimum absolute atomic E-state index is 0.0687. The monoisotopic (exact) mass is 345 g/mol. The summed E-state index contributed by atoms with van der Waals surface area (Å²) in [5.41, 5.74) is 2.14. The number of nitrogens with one attached hydrogen (secondary N) is 1. The van der Waals surface area contributed by atoms with Crippen molar-refractivity contribution < 1.29 is 19.5 Å². The van der Waals surface area contributed by atoms with Crippen molar-refractivity contribution >= 4 is 17.5 Å². The number of carboxylic acids is 1. The molecule has 0 saturated carbocycles. The summed E-state index contributed by atoms with van der Waals surface area (Å²) in [6, 6.07) is 5.40. The van der Waals surface area contributed by atoms with Gasteiger partial charge in [0.1, 0.15) is 5.78 Å². The van der Waals surface area contributed by atoms with Gasteiger partial charge in [0.25, 0.3) is 0 Å². The van der Waals surface area contributed by atoms with Gasteiger partial charge in [0.2, 0.25) is 0 Å². The van der Waals surface area contributed by atoms with Crippen LogP contribution in [0.1, 0.15) is 48.7 Å². The molecule has 0 spiro atoms. The number of carbonyl (C=O) groups excluding carboxylic acids is 2. The Balaban J connectivity index is 2.28. The quantitative estimate of drug-likeness (QED) is 0.707. The highest BCUT2D eigenvalue weighted by Crippen LogP contribution is 2.25. The molecule has 0 aromatic heterocycles. The fraction of sp³-hybridized carbons (Fsp3) is 0.550. The highest BCUT2D eigenvalue weighted by molar-refractivity contribution is 5.95. The summed E-state index contributed by atoms with van der Waals surface area (Å²) in [4.78, 5) is 35.6. The van der Waals surface area contributed by atoms with Crippen molar-refractivity contribution in [1.82, 2.24) is 5.32 Å². The third-order valence-corrected chi connectivity index (χ3v) is 4.92. The van der Waals surface area contributed by atoms with Gasteiger partial charge >= 0.3 is 5.97 Å². The van der Waals surface area contributed by atoms with Crippen LogP contribution in [0.5, 0.6) is 0 Å². The Labute approximate surface area is 148 Å². The highest BCUT2D eigenvalue weighted by Gasteiger charge is 2.30. The molecule has 1 fully saturated rings. The Morgan fingerprint density at radius 3 is 2.40 bits per heavy atom. The first-order valence-corrected chi connectivity index (χ1v) is 8.88. The van der Waals surface area contributed by atoms with E-state index in [9.17, 15) is 19.5 Å². The molecule has 1 aliphatic rings. The molecule has 2 rings (SSSR count). The number of Topliss-reactive ketones (excluding diaryl/α,β-unsaturated/α-hetero) is 2. The van der Waals surface area contributed by atoms with Crippen LogP contribution in [0.4, 0.5) is 0 Å². The molecule has 0 radical (unpaired) electrons. The number of hydrogen-bond donors (Lipinski definition) is 2. The molecular formula is C20H27NO4.